The quantitative estimate of drug-likeness (QED) is 0.816. The number of hydrogen-bond donors (Lipinski definition) is 1. The van der Waals surface area contributed by atoms with Crippen LogP contribution in [0, 0.1) is 0 Å². The van der Waals surface area contributed by atoms with Crippen molar-refractivity contribution in [3.05, 3.63) is 22.7 Å². The molecule has 2 heterocycles. The Bertz CT molecular complexity index is 409. The molecule has 0 radical (unpaired) electrons. The molecule has 2 unspecified atom stereocenters. The second kappa shape index (κ2) is 4.97. The smallest absolute Gasteiger partial charge is 0.290 e. The summed E-state index contributed by atoms with van der Waals surface area (Å²) in [5.74, 6) is 0.476. The van der Waals surface area contributed by atoms with Crippen molar-refractivity contribution in [1.29, 1.82) is 0 Å². The summed E-state index contributed by atoms with van der Waals surface area (Å²) < 4.78 is 5.70. The van der Waals surface area contributed by atoms with Crippen molar-refractivity contribution in [3.8, 4) is 0 Å². The Morgan fingerprint density at radius 2 is 2.50 bits per heavy atom. The Kier molecular flexibility index (Phi) is 3.60. The monoisotopic (exact) mass is 287 g/mol. The van der Waals surface area contributed by atoms with Crippen molar-refractivity contribution >= 4 is 21.7 Å². The first kappa shape index (κ1) is 11.6. The van der Waals surface area contributed by atoms with Crippen molar-refractivity contribution in [1.82, 2.24) is 9.97 Å². The molecule has 1 aliphatic heterocycles. The van der Waals surface area contributed by atoms with E-state index in [1.165, 1.54) is 6.20 Å². The minimum absolute atomic E-state index is 0.102. The average molecular weight is 288 g/mol. The summed E-state index contributed by atoms with van der Waals surface area (Å²) in [6.07, 6.45) is 3.35. The molecule has 0 spiro atoms. The molecule has 0 aromatic carbocycles. The van der Waals surface area contributed by atoms with Gasteiger partial charge in [-0.05, 0) is 6.92 Å². The van der Waals surface area contributed by atoms with Gasteiger partial charge in [0.2, 0.25) is 0 Å². The van der Waals surface area contributed by atoms with Crippen LogP contribution in [-0.2, 0) is 4.74 Å². The summed E-state index contributed by atoms with van der Waals surface area (Å²) in [6.45, 7) is 3.39. The molecule has 1 aliphatic rings. The molecule has 2 atom stereocenters. The van der Waals surface area contributed by atoms with Crippen LogP contribution in [0.1, 0.15) is 6.92 Å². The molecule has 0 aliphatic carbocycles. The number of alkyl halides is 1. The fourth-order valence-corrected chi connectivity index (χ4v) is 2.23. The number of morpholine rings is 1. The number of H-pyrrole nitrogens is 1. The van der Waals surface area contributed by atoms with E-state index < -0.39 is 0 Å². The summed E-state index contributed by atoms with van der Waals surface area (Å²) in [5.41, 5.74) is -0.148. The van der Waals surface area contributed by atoms with Gasteiger partial charge in [0.25, 0.3) is 5.56 Å². The maximum absolute atomic E-state index is 11.6. The van der Waals surface area contributed by atoms with E-state index in [9.17, 15) is 4.79 Å². The van der Waals surface area contributed by atoms with Crippen LogP contribution >= 0.6 is 15.9 Å². The Morgan fingerprint density at radius 1 is 1.69 bits per heavy atom. The van der Waals surface area contributed by atoms with Gasteiger partial charge in [0.15, 0.2) is 5.82 Å². The summed E-state index contributed by atoms with van der Waals surface area (Å²) >= 11 is 3.40. The van der Waals surface area contributed by atoms with Crippen LogP contribution < -0.4 is 10.5 Å². The topological polar surface area (TPSA) is 58.2 Å². The fraction of sp³-hybridized carbons (Fsp3) is 0.600. The zero-order chi connectivity index (χ0) is 11.5. The summed E-state index contributed by atoms with van der Waals surface area (Å²) in [6, 6.07) is 0. The number of aromatic nitrogens is 2. The molecule has 1 fully saturated rings. The van der Waals surface area contributed by atoms with Crippen molar-refractivity contribution in [2.75, 3.05) is 23.3 Å². The molecular weight excluding hydrogens is 274 g/mol. The van der Waals surface area contributed by atoms with Gasteiger partial charge in [0.05, 0.1) is 12.2 Å². The molecule has 0 saturated carbocycles. The van der Waals surface area contributed by atoms with E-state index >= 15 is 0 Å². The van der Waals surface area contributed by atoms with Gasteiger partial charge in [0, 0.05) is 30.8 Å². The lowest BCUT2D eigenvalue weighted by atomic mass is 10.2. The zero-order valence-corrected chi connectivity index (χ0v) is 10.6. The van der Waals surface area contributed by atoms with E-state index in [4.69, 9.17) is 4.74 Å². The first-order chi connectivity index (χ1) is 7.70. The van der Waals surface area contributed by atoms with Gasteiger partial charge in [-0.25, -0.2) is 4.98 Å². The third-order valence-electron chi connectivity index (χ3n) is 2.49. The highest BCUT2D eigenvalue weighted by Crippen LogP contribution is 2.16. The Morgan fingerprint density at radius 3 is 3.19 bits per heavy atom. The predicted octanol–water partition coefficient (Wildman–Crippen LogP) is 0.758. The number of halogens is 1. The number of nitrogens with one attached hydrogen (secondary N) is 1. The van der Waals surface area contributed by atoms with Crippen molar-refractivity contribution in [3.63, 3.8) is 0 Å². The Balaban J connectivity index is 2.21. The molecule has 1 saturated heterocycles. The fourth-order valence-electron chi connectivity index (χ4n) is 1.87. The van der Waals surface area contributed by atoms with Crippen LogP contribution in [0.2, 0.25) is 0 Å². The minimum Gasteiger partial charge on any atom is -0.371 e. The highest BCUT2D eigenvalue weighted by molar-refractivity contribution is 9.09. The molecule has 1 N–H and O–H groups in total. The predicted molar refractivity (Wildman–Crippen MR) is 65.2 cm³/mol. The SMILES string of the molecule is CC1CN(c2ncc[nH]c2=O)CC(CBr)O1. The number of rotatable bonds is 2. The van der Waals surface area contributed by atoms with Crippen LogP contribution in [0.15, 0.2) is 17.2 Å². The Labute approximate surface area is 102 Å². The lowest BCUT2D eigenvalue weighted by molar-refractivity contribution is -0.00231. The molecule has 1 aromatic heterocycles. The first-order valence-corrected chi connectivity index (χ1v) is 6.33. The van der Waals surface area contributed by atoms with Crippen molar-refractivity contribution in [2.24, 2.45) is 0 Å². The standard InChI is InChI=1S/C10H14BrN3O2/c1-7-5-14(6-8(4-11)16-7)9-10(15)13-3-2-12-9/h2-3,7-8H,4-6H2,1H3,(H,13,15). The van der Waals surface area contributed by atoms with Gasteiger partial charge >= 0.3 is 0 Å². The highest BCUT2D eigenvalue weighted by Gasteiger charge is 2.26. The lowest BCUT2D eigenvalue weighted by Crippen LogP contribution is -2.49. The van der Waals surface area contributed by atoms with Gasteiger partial charge in [-0.2, -0.15) is 0 Å². The minimum atomic E-state index is -0.148. The number of hydrogen-bond acceptors (Lipinski definition) is 4. The van der Waals surface area contributed by atoms with E-state index in [1.807, 2.05) is 11.8 Å². The number of ether oxygens (including phenoxy) is 1. The van der Waals surface area contributed by atoms with E-state index in [1.54, 1.807) is 6.20 Å². The summed E-state index contributed by atoms with van der Waals surface area (Å²) in [4.78, 5) is 20.3. The summed E-state index contributed by atoms with van der Waals surface area (Å²) in [7, 11) is 0. The lowest BCUT2D eigenvalue weighted by Gasteiger charge is -2.36. The number of nitrogens with zero attached hydrogens (tertiary/aromatic N) is 2. The molecule has 1 aromatic rings. The molecule has 88 valence electrons. The highest BCUT2D eigenvalue weighted by atomic mass is 79.9. The van der Waals surface area contributed by atoms with E-state index in [-0.39, 0.29) is 17.8 Å². The second-order valence-corrected chi connectivity index (χ2v) is 4.52. The Hall–Kier alpha value is -0.880. The zero-order valence-electron chi connectivity index (χ0n) is 9.02. The largest absolute Gasteiger partial charge is 0.371 e. The molecule has 0 amide bonds. The second-order valence-electron chi connectivity index (χ2n) is 3.87. The molecule has 6 heteroatoms. The van der Waals surface area contributed by atoms with Crippen LogP contribution in [0.25, 0.3) is 0 Å². The van der Waals surface area contributed by atoms with Crippen molar-refractivity contribution in [2.45, 2.75) is 19.1 Å². The van der Waals surface area contributed by atoms with Gasteiger partial charge < -0.3 is 14.6 Å². The maximum Gasteiger partial charge on any atom is 0.290 e. The van der Waals surface area contributed by atoms with Gasteiger partial charge in [-0.1, -0.05) is 15.9 Å². The molecule has 2 rings (SSSR count). The van der Waals surface area contributed by atoms with E-state index in [0.29, 0.717) is 18.9 Å². The van der Waals surface area contributed by atoms with Crippen LogP contribution in [0.3, 0.4) is 0 Å². The average Bonchev–Trinajstić information content (AvgIpc) is 2.28. The molecule has 16 heavy (non-hydrogen) atoms. The molecular formula is C10H14BrN3O2. The van der Waals surface area contributed by atoms with Crippen LogP contribution in [0.4, 0.5) is 5.82 Å². The molecule has 0 bridgehead atoms. The van der Waals surface area contributed by atoms with Gasteiger partial charge in [-0.15, -0.1) is 0 Å². The number of aromatic amines is 1. The van der Waals surface area contributed by atoms with Crippen molar-refractivity contribution < 1.29 is 4.74 Å². The van der Waals surface area contributed by atoms with Gasteiger partial charge in [0.1, 0.15) is 0 Å². The first-order valence-electron chi connectivity index (χ1n) is 5.20. The third kappa shape index (κ3) is 2.44. The van der Waals surface area contributed by atoms with Gasteiger partial charge in [-0.3, -0.25) is 4.79 Å². The normalized spacial score (nSPS) is 25.8. The van der Waals surface area contributed by atoms with E-state index in [2.05, 4.69) is 25.9 Å². The van der Waals surface area contributed by atoms with E-state index in [0.717, 1.165) is 5.33 Å². The summed E-state index contributed by atoms with van der Waals surface area (Å²) in [5, 5.41) is 0.762. The molecule has 5 nitrogen and oxygen atoms in total. The maximum atomic E-state index is 11.6. The van der Waals surface area contributed by atoms with Crippen LogP contribution in [-0.4, -0.2) is 40.6 Å². The third-order valence-corrected chi connectivity index (χ3v) is 3.21. The van der Waals surface area contributed by atoms with Crippen LogP contribution in [0.5, 0.6) is 0 Å². The number of anilines is 1.